The van der Waals surface area contributed by atoms with Gasteiger partial charge in [-0.1, -0.05) is 17.3 Å². The normalized spacial score (nSPS) is 11.1. The molecule has 0 saturated carbocycles. The molecule has 0 fully saturated rings. The third kappa shape index (κ3) is 3.35. The molecule has 0 spiro atoms. The molecule has 2 aromatic heterocycles. The molecule has 3 aromatic rings. The van der Waals surface area contributed by atoms with E-state index in [0.29, 0.717) is 11.7 Å². The highest BCUT2D eigenvalue weighted by molar-refractivity contribution is 9.10. The number of benzene rings is 1. The second kappa shape index (κ2) is 5.88. The van der Waals surface area contributed by atoms with E-state index < -0.39 is 0 Å². The topological polar surface area (TPSA) is 77.8 Å². The van der Waals surface area contributed by atoms with Crippen molar-refractivity contribution in [1.29, 1.82) is 0 Å². The average molecular weight is 343 g/mol. The van der Waals surface area contributed by atoms with E-state index in [1.165, 1.54) is 0 Å². The third-order valence-electron chi connectivity index (χ3n) is 2.76. The number of halogens is 1. The van der Waals surface area contributed by atoms with Gasteiger partial charge in [0, 0.05) is 34.2 Å². The molecule has 0 aliphatic carbocycles. The van der Waals surface area contributed by atoms with E-state index in [-0.39, 0.29) is 0 Å². The van der Waals surface area contributed by atoms with Gasteiger partial charge in [0.1, 0.15) is 0 Å². The van der Waals surface area contributed by atoms with Crippen LogP contribution in [0.5, 0.6) is 0 Å². The summed E-state index contributed by atoms with van der Waals surface area (Å²) in [5.74, 6) is 0.933. The second-order valence-electron chi connectivity index (χ2n) is 4.35. The molecule has 0 saturated heterocycles. The Balaban J connectivity index is 1.80. The predicted octanol–water partition coefficient (Wildman–Crippen LogP) is 3.65. The molecule has 0 atom stereocenters. The maximum atomic E-state index is 5.64. The average Bonchev–Trinajstić information content (AvgIpc) is 2.96. The Morgan fingerprint density at radius 3 is 2.67 bits per heavy atom. The van der Waals surface area contributed by atoms with Gasteiger partial charge in [0.2, 0.25) is 5.82 Å². The summed E-state index contributed by atoms with van der Waals surface area (Å²) in [7, 11) is 0. The molecule has 21 heavy (non-hydrogen) atoms. The van der Waals surface area contributed by atoms with Gasteiger partial charge < -0.3 is 10.3 Å². The number of nitrogens with two attached hydrogens (primary N) is 1. The summed E-state index contributed by atoms with van der Waals surface area (Å²) in [6.07, 6.45) is 7.03. The number of rotatable bonds is 3. The fraction of sp³-hybridized carbons (Fsp3) is 0. The van der Waals surface area contributed by atoms with Gasteiger partial charge in [-0.15, -0.1) is 0 Å². The van der Waals surface area contributed by atoms with Gasteiger partial charge in [-0.2, -0.15) is 4.98 Å². The van der Waals surface area contributed by atoms with Crippen LogP contribution in [0.1, 0.15) is 11.5 Å². The summed E-state index contributed by atoms with van der Waals surface area (Å²) < 4.78 is 6.05. The van der Waals surface area contributed by atoms with Crippen molar-refractivity contribution in [1.82, 2.24) is 15.1 Å². The van der Waals surface area contributed by atoms with Crippen LogP contribution < -0.4 is 5.73 Å². The Kier molecular flexibility index (Phi) is 3.79. The highest BCUT2D eigenvalue weighted by Crippen LogP contribution is 2.19. The lowest BCUT2D eigenvalue weighted by Gasteiger charge is -1.93. The Morgan fingerprint density at radius 1 is 1.10 bits per heavy atom. The quantitative estimate of drug-likeness (QED) is 0.735. The zero-order valence-electron chi connectivity index (χ0n) is 10.9. The number of nitrogen functional groups attached to an aromatic ring is 1. The van der Waals surface area contributed by atoms with Crippen LogP contribution in [0.2, 0.25) is 0 Å². The standard InChI is InChI=1S/C15H11BrN4O/c16-12-7-11(8-18-9-12)15-19-14(21-20-15)6-3-10-1-4-13(17)5-2-10/h1-9H,17H2/b6-3+. The SMILES string of the molecule is Nc1ccc(/C=C/c2nc(-c3cncc(Br)c3)no2)cc1. The van der Waals surface area contributed by atoms with Gasteiger partial charge in [0.25, 0.3) is 5.89 Å². The number of anilines is 1. The summed E-state index contributed by atoms with van der Waals surface area (Å²) in [6.45, 7) is 0. The molecule has 2 N–H and O–H groups in total. The van der Waals surface area contributed by atoms with Crippen molar-refractivity contribution in [2.45, 2.75) is 0 Å². The molecule has 6 heteroatoms. The molecule has 0 unspecified atom stereocenters. The van der Waals surface area contributed by atoms with Crippen LogP contribution in [0.3, 0.4) is 0 Å². The molecule has 0 radical (unpaired) electrons. The molecular weight excluding hydrogens is 332 g/mol. The van der Waals surface area contributed by atoms with Crippen molar-refractivity contribution in [2.75, 3.05) is 5.73 Å². The molecular formula is C15H11BrN4O. The first-order valence-electron chi connectivity index (χ1n) is 6.19. The van der Waals surface area contributed by atoms with Crippen LogP contribution in [-0.4, -0.2) is 15.1 Å². The van der Waals surface area contributed by atoms with E-state index in [2.05, 4.69) is 31.1 Å². The van der Waals surface area contributed by atoms with Crippen molar-refractivity contribution in [2.24, 2.45) is 0 Å². The fourth-order valence-corrected chi connectivity index (χ4v) is 2.09. The van der Waals surface area contributed by atoms with Gasteiger partial charge >= 0.3 is 0 Å². The summed E-state index contributed by atoms with van der Waals surface area (Å²) in [5.41, 5.74) is 8.17. The summed E-state index contributed by atoms with van der Waals surface area (Å²) in [5, 5.41) is 3.94. The Morgan fingerprint density at radius 2 is 1.90 bits per heavy atom. The van der Waals surface area contributed by atoms with Crippen LogP contribution in [0.25, 0.3) is 23.5 Å². The van der Waals surface area contributed by atoms with E-state index in [0.717, 1.165) is 21.3 Å². The molecule has 0 bridgehead atoms. The van der Waals surface area contributed by atoms with E-state index in [9.17, 15) is 0 Å². The maximum Gasteiger partial charge on any atom is 0.250 e. The predicted molar refractivity (Wildman–Crippen MR) is 85.0 cm³/mol. The molecule has 104 valence electrons. The third-order valence-corrected chi connectivity index (χ3v) is 3.19. The summed E-state index contributed by atoms with van der Waals surface area (Å²) in [6, 6.07) is 9.40. The minimum Gasteiger partial charge on any atom is -0.399 e. The van der Waals surface area contributed by atoms with Crippen LogP contribution in [0, 0.1) is 0 Å². The zero-order chi connectivity index (χ0) is 14.7. The Hall–Kier alpha value is -2.47. The fourth-order valence-electron chi connectivity index (χ4n) is 1.73. The monoisotopic (exact) mass is 342 g/mol. The summed E-state index contributed by atoms with van der Waals surface area (Å²) >= 11 is 3.36. The first kappa shape index (κ1) is 13.5. The minimum absolute atomic E-state index is 0.432. The number of pyridine rings is 1. The Labute approximate surface area is 129 Å². The number of nitrogens with zero attached hydrogens (tertiary/aromatic N) is 3. The van der Waals surface area contributed by atoms with Gasteiger partial charge in [-0.25, -0.2) is 0 Å². The first-order valence-corrected chi connectivity index (χ1v) is 6.98. The zero-order valence-corrected chi connectivity index (χ0v) is 12.5. The number of aromatic nitrogens is 3. The molecule has 3 rings (SSSR count). The van der Waals surface area contributed by atoms with Crippen molar-refractivity contribution in [3.05, 3.63) is 58.7 Å². The molecule has 0 aliphatic heterocycles. The number of hydrogen-bond donors (Lipinski definition) is 1. The van der Waals surface area contributed by atoms with Crippen LogP contribution >= 0.6 is 15.9 Å². The second-order valence-corrected chi connectivity index (χ2v) is 5.26. The smallest absolute Gasteiger partial charge is 0.250 e. The first-order chi connectivity index (χ1) is 10.2. The van der Waals surface area contributed by atoms with Gasteiger partial charge in [0.05, 0.1) is 0 Å². The van der Waals surface area contributed by atoms with E-state index in [1.54, 1.807) is 18.5 Å². The molecule has 1 aromatic carbocycles. The van der Waals surface area contributed by atoms with Crippen molar-refractivity contribution in [3.8, 4) is 11.4 Å². The minimum atomic E-state index is 0.432. The lowest BCUT2D eigenvalue weighted by molar-refractivity contribution is 0.411. The maximum absolute atomic E-state index is 5.64. The molecule has 5 nitrogen and oxygen atoms in total. The molecule has 0 amide bonds. The Bertz CT molecular complexity index is 780. The van der Waals surface area contributed by atoms with Crippen LogP contribution in [-0.2, 0) is 0 Å². The van der Waals surface area contributed by atoms with Gasteiger partial charge in [-0.3, -0.25) is 4.98 Å². The van der Waals surface area contributed by atoms with Gasteiger partial charge in [-0.05, 0) is 45.8 Å². The molecule has 2 heterocycles. The van der Waals surface area contributed by atoms with Crippen molar-refractivity contribution in [3.63, 3.8) is 0 Å². The largest absolute Gasteiger partial charge is 0.399 e. The summed E-state index contributed by atoms with van der Waals surface area (Å²) in [4.78, 5) is 8.38. The van der Waals surface area contributed by atoms with Crippen LogP contribution in [0.15, 0.2) is 51.7 Å². The van der Waals surface area contributed by atoms with Crippen LogP contribution in [0.4, 0.5) is 5.69 Å². The van der Waals surface area contributed by atoms with E-state index in [1.807, 2.05) is 36.4 Å². The van der Waals surface area contributed by atoms with E-state index >= 15 is 0 Å². The van der Waals surface area contributed by atoms with Crippen molar-refractivity contribution >= 4 is 33.8 Å². The molecule has 0 aliphatic rings. The lowest BCUT2D eigenvalue weighted by atomic mass is 10.2. The highest BCUT2D eigenvalue weighted by atomic mass is 79.9. The highest BCUT2D eigenvalue weighted by Gasteiger charge is 2.07. The van der Waals surface area contributed by atoms with E-state index in [4.69, 9.17) is 10.3 Å². The van der Waals surface area contributed by atoms with Crippen molar-refractivity contribution < 1.29 is 4.52 Å². The number of hydrogen-bond acceptors (Lipinski definition) is 5. The lowest BCUT2D eigenvalue weighted by Crippen LogP contribution is -1.83. The van der Waals surface area contributed by atoms with Gasteiger partial charge in [0.15, 0.2) is 0 Å².